The predicted molar refractivity (Wildman–Crippen MR) is 163 cm³/mol. The lowest BCUT2D eigenvalue weighted by atomic mass is 9.91. The molecule has 42 heavy (non-hydrogen) atoms. The molecule has 1 aliphatic heterocycles. The zero-order valence-electron chi connectivity index (χ0n) is 24.5. The van der Waals surface area contributed by atoms with Gasteiger partial charge >= 0.3 is 5.97 Å². The third kappa shape index (κ3) is 7.97. The highest BCUT2D eigenvalue weighted by atomic mass is 16.5. The van der Waals surface area contributed by atoms with Gasteiger partial charge in [0.1, 0.15) is 6.61 Å². The standard InChI is InChI=1S/C35H44N2O5/c1-3-12-28(22-32(39)37-23-30-17-9-8-16-27(30)21-31(37)24-38)33(40)36-35(18-10-11-19-35)25-42-34(41)29(13-4-2)20-26-14-6-5-7-15-26/h3-9,14-17,28-29,31,38H,1-2,10-13,18-25H2,(H,36,40)/t28-,29-,31+/m1/s1. The van der Waals surface area contributed by atoms with Gasteiger partial charge in [-0.3, -0.25) is 14.4 Å². The Morgan fingerprint density at radius 1 is 0.976 bits per heavy atom. The van der Waals surface area contributed by atoms with Crippen LogP contribution in [0.4, 0.5) is 0 Å². The van der Waals surface area contributed by atoms with E-state index in [1.54, 1.807) is 17.1 Å². The van der Waals surface area contributed by atoms with Gasteiger partial charge in [0, 0.05) is 13.0 Å². The Hall–Kier alpha value is -3.71. The Morgan fingerprint density at radius 3 is 2.29 bits per heavy atom. The number of aliphatic hydroxyl groups excluding tert-OH is 1. The number of carbonyl (C=O) groups is 3. The lowest BCUT2D eigenvalue weighted by Crippen LogP contribution is -2.53. The van der Waals surface area contributed by atoms with Crippen LogP contribution >= 0.6 is 0 Å². The zero-order valence-corrected chi connectivity index (χ0v) is 24.5. The van der Waals surface area contributed by atoms with E-state index >= 15 is 0 Å². The molecule has 2 aromatic carbocycles. The molecule has 3 atom stereocenters. The van der Waals surface area contributed by atoms with Gasteiger partial charge < -0.3 is 20.1 Å². The van der Waals surface area contributed by atoms with E-state index < -0.39 is 11.5 Å². The lowest BCUT2D eigenvalue weighted by molar-refractivity contribution is -0.152. The van der Waals surface area contributed by atoms with Gasteiger partial charge in [0.05, 0.1) is 30.0 Å². The summed E-state index contributed by atoms with van der Waals surface area (Å²) in [5.41, 5.74) is 2.60. The SMILES string of the molecule is C=CC[C@H](CC(=O)N1Cc2ccccc2C[C@H]1CO)C(=O)NC1(COC(=O)[C@H](CC=C)Cc2ccccc2)CCCC1. The molecule has 0 saturated heterocycles. The zero-order chi connectivity index (χ0) is 30.0. The first-order valence-corrected chi connectivity index (χ1v) is 15.1. The van der Waals surface area contributed by atoms with E-state index in [-0.39, 0.29) is 49.4 Å². The van der Waals surface area contributed by atoms with Crippen molar-refractivity contribution >= 4 is 17.8 Å². The average Bonchev–Trinajstić information content (AvgIpc) is 3.47. The summed E-state index contributed by atoms with van der Waals surface area (Å²) < 4.78 is 5.87. The fourth-order valence-corrected chi connectivity index (χ4v) is 6.27. The Bertz CT molecular complexity index is 1240. The first-order valence-electron chi connectivity index (χ1n) is 15.1. The maximum atomic E-state index is 13.7. The molecular weight excluding hydrogens is 528 g/mol. The third-order valence-corrected chi connectivity index (χ3v) is 8.68. The molecule has 7 heteroatoms. The second-order valence-electron chi connectivity index (χ2n) is 11.8. The number of fused-ring (bicyclic) bond motifs is 1. The van der Waals surface area contributed by atoms with Crippen LogP contribution in [0.1, 0.15) is 61.6 Å². The maximum Gasteiger partial charge on any atom is 0.309 e. The number of hydrogen-bond acceptors (Lipinski definition) is 5. The highest BCUT2D eigenvalue weighted by molar-refractivity contribution is 5.86. The van der Waals surface area contributed by atoms with Crippen molar-refractivity contribution < 1.29 is 24.2 Å². The van der Waals surface area contributed by atoms with Crippen LogP contribution in [0, 0.1) is 11.8 Å². The molecule has 0 radical (unpaired) electrons. The Balaban J connectivity index is 1.40. The Kier molecular flexibility index (Phi) is 11.1. The van der Waals surface area contributed by atoms with Crippen molar-refractivity contribution in [2.45, 2.75) is 75.9 Å². The van der Waals surface area contributed by atoms with Crippen LogP contribution in [0.2, 0.25) is 0 Å². The second kappa shape index (κ2) is 15.0. The fraction of sp³-hybridized carbons (Fsp3) is 0.457. The minimum absolute atomic E-state index is 0.0187. The van der Waals surface area contributed by atoms with Crippen molar-refractivity contribution in [3.8, 4) is 0 Å². The van der Waals surface area contributed by atoms with Crippen LogP contribution in [0.15, 0.2) is 79.9 Å². The molecule has 2 amide bonds. The highest BCUT2D eigenvalue weighted by Gasteiger charge is 2.40. The summed E-state index contributed by atoms with van der Waals surface area (Å²) in [4.78, 5) is 42.0. The molecule has 0 aromatic heterocycles. The fourth-order valence-electron chi connectivity index (χ4n) is 6.27. The van der Waals surface area contributed by atoms with Crippen molar-refractivity contribution in [3.63, 3.8) is 0 Å². The molecule has 0 bridgehead atoms. The van der Waals surface area contributed by atoms with Gasteiger partial charge in [-0.25, -0.2) is 0 Å². The van der Waals surface area contributed by atoms with Gasteiger partial charge in [0.2, 0.25) is 11.8 Å². The molecule has 1 heterocycles. The van der Waals surface area contributed by atoms with Crippen LogP contribution in [-0.2, 0) is 38.5 Å². The summed E-state index contributed by atoms with van der Waals surface area (Å²) in [6, 6.07) is 17.5. The van der Waals surface area contributed by atoms with Crippen molar-refractivity contribution in [1.29, 1.82) is 0 Å². The van der Waals surface area contributed by atoms with Crippen molar-refractivity contribution in [1.82, 2.24) is 10.2 Å². The summed E-state index contributed by atoms with van der Waals surface area (Å²) >= 11 is 0. The van der Waals surface area contributed by atoms with Crippen LogP contribution < -0.4 is 5.32 Å². The molecule has 2 aromatic rings. The molecule has 1 saturated carbocycles. The Labute approximate surface area is 249 Å². The first-order chi connectivity index (χ1) is 20.4. The van der Waals surface area contributed by atoms with Gasteiger partial charge in [-0.1, -0.05) is 79.6 Å². The maximum absolute atomic E-state index is 13.7. The number of benzene rings is 2. The number of carbonyl (C=O) groups excluding carboxylic acids is 3. The third-order valence-electron chi connectivity index (χ3n) is 8.68. The number of rotatable bonds is 14. The number of amides is 2. The Morgan fingerprint density at radius 2 is 1.62 bits per heavy atom. The largest absolute Gasteiger partial charge is 0.463 e. The van der Waals surface area contributed by atoms with Gasteiger partial charge in [0.15, 0.2) is 0 Å². The average molecular weight is 573 g/mol. The van der Waals surface area contributed by atoms with E-state index in [0.717, 1.165) is 29.5 Å². The second-order valence-corrected chi connectivity index (χ2v) is 11.8. The van der Waals surface area contributed by atoms with Crippen molar-refractivity contribution in [3.05, 3.63) is 96.6 Å². The summed E-state index contributed by atoms with van der Waals surface area (Å²) in [5, 5.41) is 13.2. The van der Waals surface area contributed by atoms with Gasteiger partial charge in [0.25, 0.3) is 0 Å². The molecule has 0 spiro atoms. The summed E-state index contributed by atoms with van der Waals surface area (Å²) in [7, 11) is 0. The molecule has 1 fully saturated rings. The monoisotopic (exact) mass is 572 g/mol. The minimum atomic E-state index is -0.654. The molecule has 0 unspecified atom stereocenters. The van der Waals surface area contributed by atoms with Crippen LogP contribution in [0.5, 0.6) is 0 Å². The summed E-state index contributed by atoms with van der Waals surface area (Å²) in [5.74, 6) is -1.64. The predicted octanol–water partition coefficient (Wildman–Crippen LogP) is 4.92. The molecule has 4 rings (SSSR count). The molecule has 224 valence electrons. The minimum Gasteiger partial charge on any atom is -0.463 e. The summed E-state index contributed by atoms with van der Waals surface area (Å²) in [6.45, 7) is 8.01. The number of ether oxygens (including phenoxy) is 1. The van der Waals surface area contributed by atoms with Crippen LogP contribution in [-0.4, -0.2) is 52.6 Å². The molecular formula is C35H44N2O5. The molecule has 7 nitrogen and oxygen atoms in total. The molecule has 1 aliphatic carbocycles. The quantitative estimate of drug-likeness (QED) is 0.248. The van der Waals surface area contributed by atoms with Gasteiger partial charge in [-0.2, -0.15) is 0 Å². The van der Waals surface area contributed by atoms with Crippen LogP contribution in [0.25, 0.3) is 0 Å². The van der Waals surface area contributed by atoms with E-state index in [1.165, 1.54) is 0 Å². The number of aliphatic hydroxyl groups is 1. The topological polar surface area (TPSA) is 95.9 Å². The van der Waals surface area contributed by atoms with E-state index in [2.05, 4.69) is 18.5 Å². The van der Waals surface area contributed by atoms with E-state index in [9.17, 15) is 19.5 Å². The van der Waals surface area contributed by atoms with Crippen LogP contribution in [0.3, 0.4) is 0 Å². The smallest absolute Gasteiger partial charge is 0.309 e. The van der Waals surface area contributed by atoms with Crippen molar-refractivity contribution in [2.75, 3.05) is 13.2 Å². The van der Waals surface area contributed by atoms with Gasteiger partial charge in [-0.15, -0.1) is 13.2 Å². The number of nitrogens with one attached hydrogen (secondary N) is 1. The van der Waals surface area contributed by atoms with Gasteiger partial charge in [-0.05, 0) is 55.2 Å². The normalized spacial score (nSPS) is 18.8. The van der Waals surface area contributed by atoms with E-state index in [4.69, 9.17) is 4.74 Å². The van der Waals surface area contributed by atoms with Crippen molar-refractivity contribution in [2.24, 2.45) is 11.8 Å². The molecule has 2 N–H and O–H groups in total. The number of hydrogen-bond donors (Lipinski definition) is 2. The molecule has 2 aliphatic rings. The number of allylic oxidation sites excluding steroid dienone is 2. The lowest BCUT2D eigenvalue weighted by Gasteiger charge is -2.37. The highest BCUT2D eigenvalue weighted by Crippen LogP contribution is 2.32. The first kappa shape index (κ1) is 31.2. The number of esters is 1. The summed E-state index contributed by atoms with van der Waals surface area (Å²) in [6.07, 6.45) is 8.69. The van der Waals surface area contributed by atoms with E-state index in [1.807, 2.05) is 54.6 Å². The number of nitrogens with zero attached hydrogens (tertiary/aromatic N) is 1. The van der Waals surface area contributed by atoms with E-state index in [0.29, 0.717) is 45.1 Å².